The van der Waals surface area contributed by atoms with E-state index in [9.17, 15) is 0 Å². The molecule has 3 aliphatic carbocycles. The lowest BCUT2D eigenvalue weighted by atomic mass is 9.43. The van der Waals surface area contributed by atoms with Crippen LogP contribution in [0, 0.1) is 34.5 Å². The zero-order chi connectivity index (χ0) is 14.8. The molecule has 21 heavy (non-hydrogen) atoms. The molecular formula is C21H28. The van der Waals surface area contributed by atoms with Crippen molar-refractivity contribution in [3.05, 3.63) is 47.5 Å². The summed E-state index contributed by atoms with van der Waals surface area (Å²) in [6.07, 6.45) is 6.81. The Bertz CT molecular complexity index is 579. The summed E-state index contributed by atoms with van der Waals surface area (Å²) >= 11 is 0. The molecule has 4 rings (SSSR count). The molecule has 0 N–H and O–H groups in total. The molecule has 0 aliphatic heterocycles. The Morgan fingerprint density at radius 3 is 2.52 bits per heavy atom. The fourth-order valence-corrected chi connectivity index (χ4v) is 6.69. The molecule has 2 saturated carbocycles. The Labute approximate surface area is 129 Å². The van der Waals surface area contributed by atoms with Crippen LogP contribution in [0.3, 0.4) is 0 Å². The van der Waals surface area contributed by atoms with Gasteiger partial charge in [-0.15, -0.1) is 0 Å². The number of hydrogen-bond donors (Lipinski definition) is 0. The van der Waals surface area contributed by atoms with E-state index in [1.54, 1.807) is 5.57 Å². The Balaban J connectivity index is 1.68. The topological polar surface area (TPSA) is 0 Å². The molecule has 3 aliphatic rings. The molecule has 112 valence electrons. The smallest absolute Gasteiger partial charge is 0.0114 e. The highest BCUT2D eigenvalue weighted by Gasteiger charge is 2.70. The van der Waals surface area contributed by atoms with Crippen LogP contribution in [0.2, 0.25) is 0 Å². The fourth-order valence-electron chi connectivity index (χ4n) is 6.69. The zero-order valence-corrected chi connectivity index (χ0v) is 13.9. The van der Waals surface area contributed by atoms with Gasteiger partial charge in [0.25, 0.3) is 0 Å². The molecule has 0 heterocycles. The third kappa shape index (κ3) is 1.68. The van der Waals surface area contributed by atoms with E-state index in [4.69, 9.17) is 0 Å². The predicted octanol–water partition coefficient (Wildman–Crippen LogP) is 5.49. The molecule has 0 amide bonds. The van der Waals surface area contributed by atoms with Gasteiger partial charge >= 0.3 is 0 Å². The van der Waals surface area contributed by atoms with E-state index in [-0.39, 0.29) is 0 Å². The lowest BCUT2D eigenvalue weighted by Crippen LogP contribution is -2.55. The van der Waals surface area contributed by atoms with Crippen LogP contribution in [0.5, 0.6) is 0 Å². The van der Waals surface area contributed by atoms with Crippen molar-refractivity contribution in [3.63, 3.8) is 0 Å². The van der Waals surface area contributed by atoms with Crippen LogP contribution in [0.25, 0.3) is 0 Å². The SMILES string of the molecule is CC1=CC2C(C)(C)CC23C(Cc2ccccc2)CC(C)C13. The van der Waals surface area contributed by atoms with Crippen LogP contribution >= 0.6 is 0 Å². The van der Waals surface area contributed by atoms with Gasteiger partial charge in [-0.05, 0) is 66.3 Å². The summed E-state index contributed by atoms with van der Waals surface area (Å²) in [6.45, 7) is 9.87. The molecule has 1 aromatic rings. The van der Waals surface area contributed by atoms with Gasteiger partial charge in [0.15, 0.2) is 0 Å². The first-order chi connectivity index (χ1) is 9.95. The third-order valence-corrected chi connectivity index (χ3v) is 6.99. The lowest BCUT2D eigenvalue weighted by molar-refractivity contribution is -0.114. The minimum absolute atomic E-state index is 0.523. The molecule has 1 aromatic carbocycles. The number of allylic oxidation sites excluding steroid dienone is 2. The van der Waals surface area contributed by atoms with E-state index in [1.807, 2.05) is 0 Å². The summed E-state index contributed by atoms with van der Waals surface area (Å²) in [5.74, 6) is 3.44. The average Bonchev–Trinajstić information content (AvgIpc) is 2.85. The lowest BCUT2D eigenvalue weighted by Gasteiger charge is -2.61. The third-order valence-electron chi connectivity index (χ3n) is 6.99. The zero-order valence-electron chi connectivity index (χ0n) is 13.9. The molecule has 0 aromatic heterocycles. The van der Waals surface area contributed by atoms with Gasteiger partial charge < -0.3 is 0 Å². The molecule has 5 unspecified atom stereocenters. The fraction of sp³-hybridized carbons (Fsp3) is 0.619. The summed E-state index contributed by atoms with van der Waals surface area (Å²) < 4.78 is 0. The monoisotopic (exact) mass is 280 g/mol. The van der Waals surface area contributed by atoms with Gasteiger partial charge in [0, 0.05) is 0 Å². The maximum Gasteiger partial charge on any atom is -0.0114 e. The quantitative estimate of drug-likeness (QED) is 0.628. The van der Waals surface area contributed by atoms with Gasteiger partial charge in [0.2, 0.25) is 0 Å². The van der Waals surface area contributed by atoms with Crippen molar-refractivity contribution >= 4 is 0 Å². The Morgan fingerprint density at radius 2 is 1.86 bits per heavy atom. The van der Waals surface area contributed by atoms with Crippen molar-refractivity contribution in [2.75, 3.05) is 0 Å². The highest BCUT2D eigenvalue weighted by atomic mass is 14.7. The minimum atomic E-state index is 0.523. The van der Waals surface area contributed by atoms with E-state index in [2.05, 4.69) is 64.1 Å². The second kappa shape index (κ2) is 4.24. The van der Waals surface area contributed by atoms with Crippen molar-refractivity contribution in [2.24, 2.45) is 34.5 Å². The van der Waals surface area contributed by atoms with Crippen LogP contribution in [-0.4, -0.2) is 0 Å². The second-order valence-electron chi connectivity index (χ2n) is 8.74. The van der Waals surface area contributed by atoms with E-state index >= 15 is 0 Å². The Kier molecular flexibility index (Phi) is 2.75. The van der Waals surface area contributed by atoms with Gasteiger partial charge in [-0.3, -0.25) is 0 Å². The maximum atomic E-state index is 2.65. The summed E-state index contributed by atoms with van der Waals surface area (Å²) in [4.78, 5) is 0. The van der Waals surface area contributed by atoms with Gasteiger partial charge in [-0.2, -0.15) is 0 Å². The minimum Gasteiger partial charge on any atom is -0.0811 e. The molecule has 0 saturated heterocycles. The number of rotatable bonds is 2. The first-order valence-electron chi connectivity index (χ1n) is 8.67. The van der Waals surface area contributed by atoms with Crippen LogP contribution in [0.4, 0.5) is 0 Å². The van der Waals surface area contributed by atoms with Gasteiger partial charge in [0.05, 0.1) is 0 Å². The van der Waals surface area contributed by atoms with Gasteiger partial charge in [-0.1, -0.05) is 62.8 Å². The van der Waals surface area contributed by atoms with Crippen molar-refractivity contribution in [3.8, 4) is 0 Å². The molecular weight excluding hydrogens is 252 g/mol. The van der Waals surface area contributed by atoms with Gasteiger partial charge in [0.1, 0.15) is 0 Å². The molecule has 0 heteroatoms. The van der Waals surface area contributed by atoms with Crippen molar-refractivity contribution in [1.82, 2.24) is 0 Å². The molecule has 0 nitrogen and oxygen atoms in total. The number of benzene rings is 1. The van der Waals surface area contributed by atoms with Gasteiger partial charge in [-0.25, -0.2) is 0 Å². The molecule has 1 spiro atoms. The van der Waals surface area contributed by atoms with E-state index in [0.717, 1.165) is 23.7 Å². The molecule has 5 atom stereocenters. The van der Waals surface area contributed by atoms with Crippen molar-refractivity contribution < 1.29 is 0 Å². The molecule has 2 fully saturated rings. The summed E-state index contributed by atoms with van der Waals surface area (Å²) in [6, 6.07) is 11.2. The average molecular weight is 280 g/mol. The van der Waals surface area contributed by atoms with E-state index < -0.39 is 0 Å². The van der Waals surface area contributed by atoms with Crippen LogP contribution in [0.15, 0.2) is 42.0 Å². The van der Waals surface area contributed by atoms with Crippen LogP contribution in [0.1, 0.15) is 46.1 Å². The Morgan fingerprint density at radius 1 is 1.14 bits per heavy atom. The maximum absolute atomic E-state index is 2.65. The number of hydrogen-bond acceptors (Lipinski definition) is 0. The van der Waals surface area contributed by atoms with Crippen LogP contribution < -0.4 is 0 Å². The van der Waals surface area contributed by atoms with Crippen molar-refractivity contribution in [1.29, 1.82) is 0 Å². The highest BCUT2D eigenvalue weighted by Crippen LogP contribution is 2.76. The molecule has 0 radical (unpaired) electrons. The largest absolute Gasteiger partial charge is 0.0811 e. The normalized spacial score (nSPS) is 43.0. The predicted molar refractivity (Wildman–Crippen MR) is 89.0 cm³/mol. The van der Waals surface area contributed by atoms with Crippen LogP contribution in [-0.2, 0) is 6.42 Å². The highest BCUT2D eigenvalue weighted by molar-refractivity contribution is 5.35. The second-order valence-corrected chi connectivity index (χ2v) is 8.74. The standard InChI is InChI=1S/C21H28/c1-14-10-17(12-16-8-6-5-7-9-16)21-13-20(3,4)18(21)11-15(2)19(14)21/h5-9,11,14,17-19H,10,12-13H2,1-4H3. The summed E-state index contributed by atoms with van der Waals surface area (Å²) in [5.41, 5.74) is 4.36. The summed E-state index contributed by atoms with van der Waals surface area (Å²) in [5, 5.41) is 0. The first kappa shape index (κ1) is 13.6. The Hall–Kier alpha value is -1.04. The first-order valence-corrected chi connectivity index (χ1v) is 8.67. The van der Waals surface area contributed by atoms with Crippen molar-refractivity contribution in [2.45, 2.75) is 47.0 Å². The summed E-state index contributed by atoms with van der Waals surface area (Å²) in [7, 11) is 0. The van der Waals surface area contributed by atoms with E-state index in [0.29, 0.717) is 10.8 Å². The molecule has 0 bridgehead atoms. The van der Waals surface area contributed by atoms with E-state index in [1.165, 1.54) is 24.8 Å².